The van der Waals surface area contributed by atoms with Crippen molar-refractivity contribution in [1.82, 2.24) is 10.6 Å². The van der Waals surface area contributed by atoms with E-state index in [0.29, 0.717) is 5.96 Å². The van der Waals surface area contributed by atoms with Gasteiger partial charge in [-0.3, -0.25) is 4.99 Å². The number of benzene rings is 1. The van der Waals surface area contributed by atoms with Crippen LogP contribution in [0.1, 0.15) is 32.8 Å². The average Bonchev–Trinajstić information content (AvgIpc) is 2.49. The maximum absolute atomic E-state index is 11.7. The fourth-order valence-electron chi connectivity index (χ4n) is 1.87. The summed E-state index contributed by atoms with van der Waals surface area (Å²) in [5, 5.41) is 6.41. The molecule has 2 N–H and O–H groups in total. The van der Waals surface area contributed by atoms with E-state index in [9.17, 15) is 8.42 Å². The molecule has 0 fully saturated rings. The monoisotopic (exact) mass is 339 g/mol. The van der Waals surface area contributed by atoms with Crippen molar-refractivity contribution in [3.63, 3.8) is 0 Å². The highest BCUT2D eigenvalue weighted by Gasteiger charge is 2.29. The second-order valence-corrected chi connectivity index (χ2v) is 8.89. The van der Waals surface area contributed by atoms with Crippen molar-refractivity contribution in [3.05, 3.63) is 35.9 Å². The molecule has 0 aliphatic carbocycles. The Morgan fingerprint density at radius 2 is 1.83 bits per heavy atom. The molecule has 0 aliphatic heterocycles. The van der Waals surface area contributed by atoms with Crippen LogP contribution < -0.4 is 10.6 Å². The van der Waals surface area contributed by atoms with Crippen LogP contribution in [0.25, 0.3) is 0 Å². The summed E-state index contributed by atoms with van der Waals surface area (Å²) in [7, 11) is -3.14. The van der Waals surface area contributed by atoms with Crippen LogP contribution in [0.3, 0.4) is 0 Å². The molecule has 0 spiro atoms. The molecule has 1 aromatic rings. The zero-order chi connectivity index (χ0) is 17.3. The van der Waals surface area contributed by atoms with Gasteiger partial charge in [0, 0.05) is 19.3 Å². The topological polar surface area (TPSA) is 70.6 Å². The van der Waals surface area contributed by atoms with E-state index in [1.165, 1.54) is 11.8 Å². The van der Waals surface area contributed by atoms with Crippen LogP contribution in [0.4, 0.5) is 0 Å². The first-order valence-electron chi connectivity index (χ1n) is 8.02. The summed E-state index contributed by atoms with van der Waals surface area (Å²) < 4.78 is 22.6. The Hall–Kier alpha value is -1.56. The van der Waals surface area contributed by atoms with Gasteiger partial charge >= 0.3 is 0 Å². The van der Waals surface area contributed by atoms with Gasteiger partial charge in [-0.15, -0.1) is 0 Å². The number of hydrogen-bond acceptors (Lipinski definition) is 3. The Morgan fingerprint density at radius 3 is 2.39 bits per heavy atom. The molecule has 0 saturated carbocycles. The van der Waals surface area contributed by atoms with E-state index < -0.39 is 14.6 Å². The van der Waals surface area contributed by atoms with Gasteiger partial charge in [-0.25, -0.2) is 8.42 Å². The number of aliphatic imine (C=N–C) groups is 1. The number of rotatable bonds is 8. The Labute approximate surface area is 140 Å². The largest absolute Gasteiger partial charge is 0.357 e. The molecule has 1 aromatic carbocycles. The summed E-state index contributed by atoms with van der Waals surface area (Å²) in [4.78, 5) is 4.41. The van der Waals surface area contributed by atoms with Gasteiger partial charge < -0.3 is 10.6 Å². The van der Waals surface area contributed by atoms with Crippen molar-refractivity contribution in [1.29, 1.82) is 0 Å². The number of nitrogens with one attached hydrogen (secondary N) is 2. The van der Waals surface area contributed by atoms with Crippen molar-refractivity contribution in [3.8, 4) is 0 Å². The Bertz CT molecular complexity index is 596. The molecule has 0 heterocycles. The highest BCUT2D eigenvalue weighted by molar-refractivity contribution is 7.92. The highest BCUT2D eigenvalue weighted by Crippen LogP contribution is 2.15. The zero-order valence-electron chi connectivity index (χ0n) is 14.6. The van der Waals surface area contributed by atoms with E-state index in [2.05, 4.69) is 27.8 Å². The van der Waals surface area contributed by atoms with Gasteiger partial charge in [0.1, 0.15) is 0 Å². The van der Waals surface area contributed by atoms with Crippen molar-refractivity contribution >= 4 is 15.8 Å². The molecular weight excluding hydrogens is 310 g/mol. The first-order chi connectivity index (χ1) is 10.8. The predicted octanol–water partition coefficient (Wildman–Crippen LogP) is 2.00. The lowest BCUT2D eigenvalue weighted by Gasteiger charge is -2.21. The second kappa shape index (κ2) is 8.91. The maximum Gasteiger partial charge on any atom is 0.191 e. The van der Waals surface area contributed by atoms with Gasteiger partial charge in [0.05, 0.1) is 11.3 Å². The van der Waals surface area contributed by atoms with Gasteiger partial charge in [0.15, 0.2) is 15.8 Å². The van der Waals surface area contributed by atoms with Crippen molar-refractivity contribution in [2.75, 3.05) is 25.9 Å². The molecule has 0 amide bonds. The van der Waals surface area contributed by atoms with Crippen LogP contribution in [0, 0.1) is 0 Å². The number of hydrogen-bond donors (Lipinski definition) is 2. The molecule has 5 nitrogen and oxygen atoms in total. The second-order valence-electron chi connectivity index (χ2n) is 6.24. The minimum Gasteiger partial charge on any atom is -0.357 e. The van der Waals surface area contributed by atoms with Gasteiger partial charge in [-0.2, -0.15) is 0 Å². The first-order valence-corrected chi connectivity index (χ1v) is 9.91. The Morgan fingerprint density at radius 1 is 1.17 bits per heavy atom. The Kier molecular flexibility index (Phi) is 7.55. The van der Waals surface area contributed by atoms with Crippen LogP contribution in [0.5, 0.6) is 0 Å². The minimum absolute atomic E-state index is 0.236. The molecule has 0 aliphatic rings. The van der Waals surface area contributed by atoms with E-state index in [4.69, 9.17) is 0 Å². The van der Waals surface area contributed by atoms with Crippen LogP contribution in [0.15, 0.2) is 35.3 Å². The number of sulfone groups is 1. The lowest BCUT2D eigenvalue weighted by molar-refractivity contribution is 0.554. The SMILES string of the molecule is CCNC(=NCC(C)(C)S(C)(=O)=O)NCCCc1ccccc1. The van der Waals surface area contributed by atoms with Crippen LogP contribution in [0.2, 0.25) is 0 Å². The average molecular weight is 340 g/mol. The lowest BCUT2D eigenvalue weighted by Crippen LogP contribution is -2.41. The van der Waals surface area contributed by atoms with Gasteiger partial charge in [-0.1, -0.05) is 30.3 Å². The summed E-state index contributed by atoms with van der Waals surface area (Å²) in [5.41, 5.74) is 1.31. The van der Waals surface area contributed by atoms with E-state index in [1.807, 2.05) is 25.1 Å². The lowest BCUT2D eigenvalue weighted by atomic mass is 10.1. The minimum atomic E-state index is -3.14. The van der Waals surface area contributed by atoms with Crippen LogP contribution in [-0.4, -0.2) is 45.0 Å². The molecule has 0 radical (unpaired) electrons. The van der Waals surface area contributed by atoms with E-state index in [1.54, 1.807) is 13.8 Å². The third-order valence-electron chi connectivity index (χ3n) is 3.74. The highest BCUT2D eigenvalue weighted by atomic mass is 32.2. The van der Waals surface area contributed by atoms with Crippen molar-refractivity contribution in [2.24, 2.45) is 4.99 Å². The van der Waals surface area contributed by atoms with Crippen molar-refractivity contribution < 1.29 is 8.42 Å². The normalized spacial score (nSPS) is 13.0. The summed E-state index contributed by atoms with van der Waals surface area (Å²) >= 11 is 0. The molecule has 0 bridgehead atoms. The summed E-state index contributed by atoms with van der Waals surface area (Å²) in [6, 6.07) is 10.3. The van der Waals surface area contributed by atoms with Crippen LogP contribution in [-0.2, 0) is 16.3 Å². The fraction of sp³-hybridized carbons (Fsp3) is 0.588. The van der Waals surface area contributed by atoms with Gasteiger partial charge in [-0.05, 0) is 39.2 Å². The van der Waals surface area contributed by atoms with E-state index in [-0.39, 0.29) is 6.54 Å². The number of aryl methyl sites for hydroxylation is 1. The molecule has 0 unspecified atom stereocenters. The van der Waals surface area contributed by atoms with Crippen LogP contribution >= 0.6 is 0 Å². The standard InChI is InChI=1S/C17H29N3O2S/c1-5-18-16(20-14-17(2,3)23(4,21)22)19-13-9-12-15-10-7-6-8-11-15/h6-8,10-11H,5,9,12-14H2,1-4H3,(H2,18,19,20). The van der Waals surface area contributed by atoms with E-state index >= 15 is 0 Å². The fourth-order valence-corrected chi connectivity index (χ4v) is 2.17. The molecule has 0 atom stereocenters. The Balaban J connectivity index is 2.50. The van der Waals surface area contributed by atoms with Gasteiger partial charge in [0.25, 0.3) is 0 Å². The van der Waals surface area contributed by atoms with Gasteiger partial charge in [0.2, 0.25) is 0 Å². The molecule has 130 valence electrons. The summed E-state index contributed by atoms with van der Waals surface area (Å²) in [6.07, 6.45) is 3.24. The maximum atomic E-state index is 11.7. The molecule has 0 aromatic heterocycles. The smallest absolute Gasteiger partial charge is 0.191 e. The summed E-state index contributed by atoms with van der Waals surface area (Å²) in [5.74, 6) is 0.664. The molecular formula is C17H29N3O2S. The quantitative estimate of drug-likeness (QED) is 0.432. The molecule has 0 saturated heterocycles. The molecule has 6 heteroatoms. The van der Waals surface area contributed by atoms with Crippen molar-refractivity contribution in [2.45, 2.75) is 38.4 Å². The number of guanidine groups is 1. The van der Waals surface area contributed by atoms with E-state index in [0.717, 1.165) is 25.9 Å². The molecule has 1 rings (SSSR count). The third-order valence-corrected chi connectivity index (χ3v) is 5.88. The zero-order valence-corrected chi connectivity index (χ0v) is 15.4. The summed E-state index contributed by atoms with van der Waals surface area (Å²) in [6.45, 7) is 7.15. The number of nitrogens with zero attached hydrogens (tertiary/aromatic N) is 1. The third kappa shape index (κ3) is 7.03. The first kappa shape index (κ1) is 19.5. The predicted molar refractivity (Wildman–Crippen MR) is 97.7 cm³/mol. The molecule has 23 heavy (non-hydrogen) atoms.